The van der Waals surface area contributed by atoms with E-state index in [4.69, 9.17) is 28.0 Å². The lowest BCUT2D eigenvalue weighted by atomic mass is 10.0. The van der Waals surface area contributed by atoms with Gasteiger partial charge in [-0.1, -0.05) is 133 Å². The van der Waals surface area contributed by atoms with Crippen molar-refractivity contribution in [1.29, 1.82) is 0 Å². The molecular formula is C41H41O7P. The lowest BCUT2D eigenvalue weighted by Gasteiger charge is -2.25. The molecule has 0 N–H and O–H groups in total. The summed E-state index contributed by atoms with van der Waals surface area (Å²) >= 11 is 0. The molecule has 0 aliphatic carbocycles. The maximum absolute atomic E-state index is 14.1. The van der Waals surface area contributed by atoms with Crippen molar-refractivity contribution in [2.75, 3.05) is 6.61 Å². The van der Waals surface area contributed by atoms with Crippen molar-refractivity contribution >= 4 is 7.60 Å². The van der Waals surface area contributed by atoms with Crippen LogP contribution < -0.4 is 9.05 Å². The van der Waals surface area contributed by atoms with Crippen LogP contribution in [0.2, 0.25) is 0 Å². The number of ether oxygens (including phenoxy) is 4. The van der Waals surface area contributed by atoms with Gasteiger partial charge in [-0.15, -0.1) is 0 Å². The molecule has 8 heteroatoms. The van der Waals surface area contributed by atoms with Crippen LogP contribution in [0.5, 0.6) is 11.5 Å². The predicted molar refractivity (Wildman–Crippen MR) is 190 cm³/mol. The Morgan fingerprint density at radius 3 is 1.41 bits per heavy atom. The van der Waals surface area contributed by atoms with E-state index >= 15 is 0 Å². The van der Waals surface area contributed by atoms with Gasteiger partial charge in [-0.25, -0.2) is 4.57 Å². The Morgan fingerprint density at radius 2 is 0.939 bits per heavy atom. The molecule has 0 amide bonds. The maximum atomic E-state index is 14.1. The zero-order valence-corrected chi connectivity index (χ0v) is 28.1. The minimum absolute atomic E-state index is 0.312. The van der Waals surface area contributed by atoms with Gasteiger partial charge >= 0.3 is 7.60 Å². The molecule has 5 aromatic rings. The molecular weight excluding hydrogens is 635 g/mol. The number of rotatable bonds is 17. The molecule has 252 valence electrons. The topological polar surface area (TPSA) is 72.5 Å². The fraction of sp³-hybridized carbons (Fsp3) is 0.220. The highest BCUT2D eigenvalue weighted by Crippen LogP contribution is 2.50. The van der Waals surface area contributed by atoms with Crippen molar-refractivity contribution in [2.45, 2.75) is 50.7 Å². The van der Waals surface area contributed by atoms with E-state index in [1.54, 1.807) is 30.3 Å². The molecule has 0 saturated carbocycles. The van der Waals surface area contributed by atoms with Crippen LogP contribution in [-0.4, -0.2) is 31.0 Å². The Morgan fingerprint density at radius 1 is 0.531 bits per heavy atom. The van der Waals surface area contributed by atoms with E-state index in [1.165, 1.54) is 5.82 Å². The molecule has 6 rings (SSSR count). The van der Waals surface area contributed by atoms with Crippen molar-refractivity contribution < 1.29 is 32.6 Å². The van der Waals surface area contributed by atoms with Crippen LogP contribution >= 0.6 is 7.60 Å². The van der Waals surface area contributed by atoms with Crippen LogP contribution in [-0.2, 0) is 43.3 Å². The Kier molecular flexibility index (Phi) is 12.5. The summed E-state index contributed by atoms with van der Waals surface area (Å²) in [7, 11) is -3.77. The van der Waals surface area contributed by atoms with Crippen LogP contribution in [0.1, 0.15) is 23.1 Å². The minimum Gasteiger partial charge on any atom is -0.413 e. The van der Waals surface area contributed by atoms with Crippen molar-refractivity contribution in [3.8, 4) is 11.5 Å². The SMILES string of the molecule is O=P(/C=C/C[C@@H]1O[C@H](COCc2ccccc2)[C@@H](OCc2ccccc2)[C@@H]1OCc1ccccc1)(Oc1ccccc1)Oc1ccccc1. The summed E-state index contributed by atoms with van der Waals surface area (Å²) in [4.78, 5) is 0. The lowest BCUT2D eigenvalue weighted by molar-refractivity contribution is -0.0898. The average molecular weight is 677 g/mol. The van der Waals surface area contributed by atoms with Crippen molar-refractivity contribution in [1.82, 2.24) is 0 Å². The highest BCUT2D eigenvalue weighted by atomic mass is 31.2. The molecule has 0 unspecified atom stereocenters. The molecule has 0 bridgehead atoms. The first-order chi connectivity index (χ1) is 24.1. The van der Waals surface area contributed by atoms with E-state index in [0.29, 0.717) is 44.3 Å². The molecule has 1 aliphatic rings. The first-order valence-electron chi connectivity index (χ1n) is 16.5. The first kappa shape index (κ1) is 34.4. The largest absolute Gasteiger partial charge is 0.455 e. The molecule has 0 spiro atoms. The Hall–Kier alpha value is -4.49. The molecule has 0 aromatic heterocycles. The van der Waals surface area contributed by atoms with Crippen molar-refractivity contribution in [3.05, 3.63) is 180 Å². The third kappa shape index (κ3) is 10.5. The molecule has 1 fully saturated rings. The second-order valence-corrected chi connectivity index (χ2v) is 13.4. The zero-order chi connectivity index (χ0) is 33.6. The van der Waals surface area contributed by atoms with E-state index < -0.39 is 32.0 Å². The Balaban J connectivity index is 1.22. The van der Waals surface area contributed by atoms with Crippen LogP contribution in [0.4, 0.5) is 0 Å². The average Bonchev–Trinajstić information content (AvgIpc) is 3.47. The highest BCUT2D eigenvalue weighted by molar-refractivity contribution is 7.58. The van der Waals surface area contributed by atoms with Gasteiger partial charge in [0.2, 0.25) is 0 Å². The number of hydrogen-bond acceptors (Lipinski definition) is 7. The van der Waals surface area contributed by atoms with Crippen LogP contribution in [0.15, 0.2) is 164 Å². The van der Waals surface area contributed by atoms with E-state index in [-0.39, 0.29) is 0 Å². The lowest BCUT2D eigenvalue weighted by Crippen LogP contribution is -2.39. The van der Waals surface area contributed by atoms with Gasteiger partial charge in [0.05, 0.1) is 32.5 Å². The van der Waals surface area contributed by atoms with Crippen LogP contribution in [0, 0.1) is 0 Å². The van der Waals surface area contributed by atoms with Gasteiger partial charge in [-0.05, 0) is 47.4 Å². The quantitative estimate of drug-likeness (QED) is 0.0909. The molecule has 4 atom stereocenters. The Bertz CT molecular complexity index is 1690. The summed E-state index contributed by atoms with van der Waals surface area (Å²) in [5.74, 6) is 2.39. The molecule has 5 aromatic carbocycles. The molecule has 0 radical (unpaired) electrons. The molecule has 49 heavy (non-hydrogen) atoms. The number of para-hydroxylation sites is 2. The van der Waals surface area contributed by atoms with Crippen molar-refractivity contribution in [2.24, 2.45) is 0 Å². The van der Waals surface area contributed by atoms with Crippen molar-refractivity contribution in [3.63, 3.8) is 0 Å². The number of benzene rings is 5. The summed E-state index contributed by atoms with van der Waals surface area (Å²) in [5.41, 5.74) is 3.17. The van der Waals surface area contributed by atoms with E-state index in [1.807, 2.05) is 127 Å². The number of hydrogen-bond donors (Lipinski definition) is 0. The minimum atomic E-state index is -3.77. The van der Waals surface area contributed by atoms with E-state index in [0.717, 1.165) is 16.7 Å². The Labute approximate surface area is 288 Å². The van der Waals surface area contributed by atoms with Crippen LogP contribution in [0.25, 0.3) is 0 Å². The van der Waals surface area contributed by atoms with Gasteiger partial charge < -0.3 is 28.0 Å². The smallest absolute Gasteiger partial charge is 0.413 e. The first-order valence-corrected chi connectivity index (χ1v) is 18.1. The standard InChI is InChI=1S/C41H41O7P/c42-49(47-36-23-12-4-13-24-36,48-37-25-14-5-15-26-37)28-16-27-38-40(44-30-34-19-8-2-9-20-34)41(45-31-35-21-10-3-11-22-35)39(46-38)32-43-29-33-17-6-1-7-18-33/h1-26,28,38-41H,27,29-32H2/b28-16+/t38-,39+,40+,41+/m0/s1. The third-order valence-corrected chi connectivity index (χ3v) is 9.49. The molecule has 1 heterocycles. The highest BCUT2D eigenvalue weighted by Gasteiger charge is 2.46. The summed E-state index contributed by atoms with van der Waals surface area (Å²) in [6.07, 6.45) is 0.472. The van der Waals surface area contributed by atoms with E-state index in [9.17, 15) is 4.57 Å². The molecule has 1 aliphatic heterocycles. The fourth-order valence-corrected chi connectivity index (χ4v) is 6.96. The summed E-state index contributed by atoms with van der Waals surface area (Å²) in [6, 6.07) is 48.1. The second-order valence-electron chi connectivity index (χ2n) is 11.7. The van der Waals surface area contributed by atoms with Gasteiger partial charge in [0.15, 0.2) is 0 Å². The van der Waals surface area contributed by atoms with Crippen LogP contribution in [0.3, 0.4) is 0 Å². The summed E-state index contributed by atoms with van der Waals surface area (Å²) in [5, 5.41) is 0. The predicted octanol–water partition coefficient (Wildman–Crippen LogP) is 9.40. The molecule has 7 nitrogen and oxygen atoms in total. The van der Waals surface area contributed by atoms with E-state index in [2.05, 4.69) is 0 Å². The fourth-order valence-electron chi connectivity index (χ4n) is 5.59. The third-order valence-electron chi connectivity index (χ3n) is 7.98. The maximum Gasteiger partial charge on any atom is 0.455 e. The summed E-state index contributed by atoms with van der Waals surface area (Å²) < 4.78 is 52.1. The van der Waals surface area contributed by atoms with Gasteiger partial charge in [-0.3, -0.25) is 0 Å². The second kappa shape index (κ2) is 17.8. The van der Waals surface area contributed by atoms with Gasteiger partial charge in [0, 0.05) is 5.82 Å². The van der Waals surface area contributed by atoms with Gasteiger partial charge in [-0.2, -0.15) is 0 Å². The molecule has 1 saturated heterocycles. The van der Waals surface area contributed by atoms with Gasteiger partial charge in [0.1, 0.15) is 29.8 Å². The zero-order valence-electron chi connectivity index (χ0n) is 27.2. The monoisotopic (exact) mass is 676 g/mol. The summed E-state index contributed by atoms with van der Waals surface area (Å²) in [6.45, 7) is 1.53. The normalized spacial score (nSPS) is 19.2. The van der Waals surface area contributed by atoms with Gasteiger partial charge in [0.25, 0.3) is 0 Å².